The molecule has 3 heterocycles. The lowest BCUT2D eigenvalue weighted by Crippen LogP contribution is -2.42. The van der Waals surface area contributed by atoms with Gasteiger partial charge >= 0.3 is 7.82 Å². The number of nitrogens with two attached hydrogens (primary N) is 1. The van der Waals surface area contributed by atoms with Crippen molar-refractivity contribution >= 4 is 42.4 Å². The van der Waals surface area contributed by atoms with Gasteiger partial charge in [0, 0.05) is 13.0 Å². The number of unbranched alkanes of at least 4 members (excludes halogenated alkanes) is 15. The van der Waals surface area contributed by atoms with Crippen LogP contribution in [0.4, 0.5) is 5.82 Å². The summed E-state index contributed by atoms with van der Waals surface area (Å²) in [6.07, 6.45) is 14.0. The van der Waals surface area contributed by atoms with Gasteiger partial charge in [-0.2, -0.15) is 10.4 Å². The van der Waals surface area contributed by atoms with Crippen LogP contribution in [0.2, 0.25) is 10.0 Å². The summed E-state index contributed by atoms with van der Waals surface area (Å²) in [7, 11) is -4.94. The molecule has 1 aromatic carbocycles. The van der Waals surface area contributed by atoms with Crippen LogP contribution in [0, 0.1) is 11.3 Å². The zero-order valence-electron chi connectivity index (χ0n) is 32.9. The maximum atomic E-state index is 11.9. The molecule has 0 aliphatic carbocycles. The second kappa shape index (κ2) is 24.0. The normalized spacial score (nSPS) is 20.9. The van der Waals surface area contributed by atoms with E-state index in [4.69, 9.17) is 47.7 Å². The van der Waals surface area contributed by atoms with Crippen LogP contribution in [0.15, 0.2) is 36.7 Å². The van der Waals surface area contributed by atoms with Gasteiger partial charge in [0.05, 0.1) is 41.2 Å². The van der Waals surface area contributed by atoms with E-state index in [-0.39, 0.29) is 31.1 Å². The maximum absolute atomic E-state index is 11.9. The number of halogens is 2. The van der Waals surface area contributed by atoms with Gasteiger partial charge in [0.1, 0.15) is 36.2 Å². The number of fused-ring (bicyclic) bond motifs is 1. The van der Waals surface area contributed by atoms with Crippen LogP contribution in [0.1, 0.15) is 127 Å². The van der Waals surface area contributed by atoms with Crippen LogP contribution in [0.5, 0.6) is 0 Å². The molecular weight excluding hydrogens is 796 g/mol. The molecule has 0 bridgehead atoms. The first-order valence-electron chi connectivity index (χ1n) is 20.3. The Kier molecular flexibility index (Phi) is 19.9. The Morgan fingerprint density at radius 1 is 0.912 bits per heavy atom. The summed E-state index contributed by atoms with van der Waals surface area (Å²) in [5, 5.41) is 38.0. The van der Waals surface area contributed by atoms with Crippen molar-refractivity contribution in [3.8, 4) is 6.07 Å². The summed E-state index contributed by atoms with van der Waals surface area (Å²) in [6.45, 7) is 1.88. The number of benzene rings is 1. The molecule has 0 radical (unpaired) electrons. The van der Waals surface area contributed by atoms with Crippen molar-refractivity contribution in [2.75, 3.05) is 18.9 Å². The quantitative estimate of drug-likeness (QED) is 0.0344. The average Bonchev–Trinajstić information content (AvgIpc) is 3.73. The van der Waals surface area contributed by atoms with E-state index >= 15 is 0 Å². The van der Waals surface area contributed by atoms with Crippen LogP contribution < -0.4 is 5.73 Å². The van der Waals surface area contributed by atoms with Gasteiger partial charge in [-0.3, -0.25) is 4.52 Å². The van der Waals surface area contributed by atoms with Crippen molar-refractivity contribution in [2.45, 2.75) is 159 Å². The van der Waals surface area contributed by atoms with Crippen molar-refractivity contribution in [1.29, 1.82) is 5.26 Å². The predicted octanol–water partition coefficient (Wildman–Crippen LogP) is 8.19. The first-order chi connectivity index (χ1) is 27.4. The molecule has 14 nitrogen and oxygen atoms in total. The summed E-state index contributed by atoms with van der Waals surface area (Å²) in [6, 6.07) is 10.0. The van der Waals surface area contributed by atoms with Crippen molar-refractivity contribution in [2.24, 2.45) is 0 Å². The molecule has 6 atom stereocenters. The fraction of sp³-hybridized carbons (Fsp3) is 0.675. The van der Waals surface area contributed by atoms with Gasteiger partial charge in [-0.25, -0.2) is 14.1 Å². The number of aromatic nitrogens is 3. The number of rotatable bonds is 28. The Balaban J connectivity index is 1.38. The lowest BCUT2D eigenvalue weighted by atomic mass is 9.91. The third-order valence-electron chi connectivity index (χ3n) is 10.6. The van der Waals surface area contributed by atoms with E-state index in [1.165, 1.54) is 94.0 Å². The van der Waals surface area contributed by atoms with Crippen LogP contribution in [0.25, 0.3) is 5.52 Å². The number of phosphoric ester groups is 1. The molecule has 1 aliphatic rings. The number of phosphoric acid groups is 1. The zero-order chi connectivity index (χ0) is 41.3. The van der Waals surface area contributed by atoms with Gasteiger partial charge in [-0.05, 0) is 36.2 Å². The van der Waals surface area contributed by atoms with E-state index in [9.17, 15) is 29.8 Å². The van der Waals surface area contributed by atoms with Gasteiger partial charge < -0.3 is 39.9 Å². The second-order valence-electron chi connectivity index (χ2n) is 14.9. The molecule has 6 N–H and O–H groups in total. The number of aliphatic hydroxyl groups is 2. The number of hydrogen-bond donors (Lipinski definition) is 5. The first kappa shape index (κ1) is 47.3. The minimum atomic E-state index is -4.94. The maximum Gasteiger partial charge on any atom is 0.469 e. The molecule has 0 saturated carbocycles. The Bertz CT molecular complexity index is 1740. The molecule has 2 aromatic heterocycles. The zero-order valence-corrected chi connectivity index (χ0v) is 35.3. The lowest BCUT2D eigenvalue weighted by molar-refractivity contribution is -0.126. The number of nitrogen functional groups attached to an aromatic ring is 1. The summed E-state index contributed by atoms with van der Waals surface area (Å²) < 4.78 is 36.8. The molecule has 0 amide bonds. The van der Waals surface area contributed by atoms with E-state index in [0.717, 1.165) is 19.3 Å². The highest BCUT2D eigenvalue weighted by atomic mass is 35.5. The topological polar surface area (TPSA) is 215 Å². The lowest BCUT2D eigenvalue weighted by Gasteiger charge is -2.30. The number of nitrogens with zero attached hydrogens (tertiary/aromatic N) is 4. The highest BCUT2D eigenvalue weighted by molar-refractivity contribution is 7.46. The number of aliphatic hydroxyl groups excluding tert-OH is 2. The minimum absolute atomic E-state index is 0.0545. The van der Waals surface area contributed by atoms with Crippen LogP contribution in [0.3, 0.4) is 0 Å². The van der Waals surface area contributed by atoms with Crippen molar-refractivity contribution in [3.05, 3.63) is 58.0 Å². The summed E-state index contributed by atoms with van der Waals surface area (Å²) in [5.74, 6) is 0.142. The summed E-state index contributed by atoms with van der Waals surface area (Å²) in [5.41, 5.74) is 5.07. The third kappa shape index (κ3) is 14.4. The van der Waals surface area contributed by atoms with Gasteiger partial charge in [-0.1, -0.05) is 133 Å². The molecule has 17 heteroatoms. The number of nitriles is 1. The monoisotopic (exact) mass is 855 g/mol. The average molecular weight is 857 g/mol. The number of ether oxygens (including phenoxy) is 3. The Morgan fingerprint density at radius 2 is 1.53 bits per heavy atom. The first-order valence-corrected chi connectivity index (χ1v) is 22.6. The van der Waals surface area contributed by atoms with Gasteiger partial charge in [0.15, 0.2) is 5.82 Å². The predicted molar refractivity (Wildman–Crippen MR) is 219 cm³/mol. The molecule has 1 aliphatic heterocycles. The van der Waals surface area contributed by atoms with Crippen LogP contribution >= 0.6 is 31.0 Å². The van der Waals surface area contributed by atoms with E-state index in [1.54, 1.807) is 24.3 Å². The molecule has 318 valence electrons. The van der Waals surface area contributed by atoms with E-state index in [2.05, 4.69) is 17.0 Å². The minimum Gasteiger partial charge on any atom is -0.388 e. The molecular formula is C40H60Cl2N5O9P. The smallest absolute Gasteiger partial charge is 0.388 e. The van der Waals surface area contributed by atoms with Gasteiger partial charge in [0.2, 0.25) is 5.60 Å². The van der Waals surface area contributed by atoms with Crippen LogP contribution in [-0.2, 0) is 35.5 Å². The van der Waals surface area contributed by atoms with E-state index < -0.39 is 50.6 Å². The van der Waals surface area contributed by atoms with Crippen molar-refractivity contribution in [3.63, 3.8) is 0 Å². The number of anilines is 1. The molecule has 4 rings (SSSR count). The molecule has 1 fully saturated rings. The fourth-order valence-electron chi connectivity index (χ4n) is 7.31. The largest absolute Gasteiger partial charge is 0.469 e. The van der Waals surface area contributed by atoms with Gasteiger partial charge in [0.25, 0.3) is 0 Å². The summed E-state index contributed by atoms with van der Waals surface area (Å²) >= 11 is 12.3. The molecule has 3 aromatic rings. The number of hydrogen-bond acceptors (Lipinski definition) is 11. The Morgan fingerprint density at radius 3 is 2.11 bits per heavy atom. The Labute approximate surface area is 346 Å². The molecule has 0 spiro atoms. The standard InChI is InChI=1S/C40H60Cl2N5O9P/c1-2-3-4-5-6-7-8-9-10-11-12-13-14-15-16-17-22-53-33(35(26-55-57(50,51)52)54-25-29-18-19-30(41)31(42)23-29)24-34-37(48)38(49)40(27-43,56-34)36-21-20-32-39(44)45-28-46-47(32)36/h18-21,23,28,33-35,37-38,48-49H,2-17,22,24-26H2,1H3,(H2,44,45,46)(H2,50,51,52)/t33?,34-,35-,37-,38-,40+/m1/s1. The van der Waals surface area contributed by atoms with Gasteiger partial charge in [-0.15, -0.1) is 0 Å². The second-order valence-corrected chi connectivity index (χ2v) is 17.0. The highest BCUT2D eigenvalue weighted by Crippen LogP contribution is 2.43. The molecule has 57 heavy (non-hydrogen) atoms. The SMILES string of the molecule is CCCCCCCCCCCCCCCCCCOC(C[C@H]1O[C@@](C#N)(c2ccc3c(N)ncnn23)[C@H](O)[C@@H]1O)[C@@H](COP(=O)(O)O)OCc1ccc(Cl)c(Cl)c1. The van der Waals surface area contributed by atoms with Crippen molar-refractivity contribution < 1.29 is 43.3 Å². The van der Waals surface area contributed by atoms with E-state index in [0.29, 0.717) is 27.5 Å². The van der Waals surface area contributed by atoms with Crippen LogP contribution in [-0.4, -0.2) is 78.3 Å². The molecule has 1 saturated heterocycles. The third-order valence-corrected chi connectivity index (χ3v) is 11.8. The van der Waals surface area contributed by atoms with Crippen molar-refractivity contribution in [1.82, 2.24) is 14.6 Å². The highest BCUT2D eigenvalue weighted by Gasteiger charge is 2.58. The fourth-order valence-corrected chi connectivity index (χ4v) is 7.97. The Hall–Kier alpha value is -2.38. The molecule has 1 unspecified atom stereocenters. The van der Waals surface area contributed by atoms with E-state index in [1.807, 2.05) is 6.07 Å². The summed E-state index contributed by atoms with van der Waals surface area (Å²) in [4.78, 5) is 23.2.